The lowest BCUT2D eigenvalue weighted by atomic mass is 9.96. The van der Waals surface area contributed by atoms with E-state index in [1.807, 2.05) is 19.2 Å². The smallest absolute Gasteiger partial charge is 0.250 e. The Morgan fingerprint density at radius 3 is 2.58 bits per heavy atom. The maximum atomic E-state index is 13.4. The van der Waals surface area contributed by atoms with E-state index in [9.17, 15) is 9.18 Å². The number of benzene rings is 2. The summed E-state index contributed by atoms with van der Waals surface area (Å²) in [7, 11) is 1.75. The first kappa shape index (κ1) is 19.2. The van der Waals surface area contributed by atoms with Crippen LogP contribution in [0.25, 0.3) is 16.8 Å². The molecule has 2 aromatic carbocycles. The van der Waals surface area contributed by atoms with Crippen molar-refractivity contribution >= 4 is 5.69 Å². The van der Waals surface area contributed by atoms with Crippen LogP contribution >= 0.6 is 0 Å². The number of rotatable bonds is 3. The molecule has 31 heavy (non-hydrogen) atoms. The molecule has 1 aliphatic heterocycles. The van der Waals surface area contributed by atoms with Crippen molar-refractivity contribution in [1.82, 2.24) is 19.3 Å². The maximum Gasteiger partial charge on any atom is 0.250 e. The molecule has 4 aromatic rings. The highest BCUT2D eigenvalue weighted by atomic mass is 19.1. The number of anilines is 1. The average molecular weight is 415 g/mol. The zero-order valence-corrected chi connectivity index (χ0v) is 17.3. The van der Waals surface area contributed by atoms with Gasteiger partial charge in [0.05, 0.1) is 11.7 Å². The number of aryl methyl sites for hydroxylation is 3. The average Bonchev–Trinajstić information content (AvgIpc) is 3.06. The number of nitrogens with zero attached hydrogens (tertiary/aromatic N) is 4. The lowest BCUT2D eigenvalue weighted by Gasteiger charge is -2.22. The molecule has 1 unspecified atom stereocenters. The number of fused-ring (bicyclic) bond motifs is 3. The second-order valence-corrected chi connectivity index (χ2v) is 7.88. The molecule has 5 rings (SSSR count). The normalized spacial score (nSPS) is 15.1. The third-order valence-corrected chi connectivity index (χ3v) is 5.80. The van der Waals surface area contributed by atoms with Crippen molar-refractivity contribution in [3.63, 3.8) is 0 Å². The Balaban J connectivity index is 1.64. The van der Waals surface area contributed by atoms with Crippen molar-refractivity contribution in [1.29, 1.82) is 0 Å². The molecule has 1 N–H and O–H groups in total. The van der Waals surface area contributed by atoms with Crippen molar-refractivity contribution in [3.05, 3.63) is 94.2 Å². The van der Waals surface area contributed by atoms with Crippen LogP contribution in [-0.2, 0) is 13.5 Å². The molecule has 7 heteroatoms. The molecule has 0 spiro atoms. The molecule has 2 aromatic heterocycles. The Labute approximate surface area is 179 Å². The monoisotopic (exact) mass is 415 g/mol. The van der Waals surface area contributed by atoms with Gasteiger partial charge in [0, 0.05) is 31.4 Å². The molecule has 1 atom stereocenters. The van der Waals surface area contributed by atoms with E-state index in [0.717, 1.165) is 52.6 Å². The summed E-state index contributed by atoms with van der Waals surface area (Å²) in [5.74, 6) is 1.51. The number of pyridine rings is 1. The zero-order valence-electron chi connectivity index (χ0n) is 17.3. The minimum Gasteiger partial charge on any atom is -0.378 e. The van der Waals surface area contributed by atoms with E-state index < -0.39 is 0 Å². The van der Waals surface area contributed by atoms with Crippen molar-refractivity contribution in [2.45, 2.75) is 25.8 Å². The summed E-state index contributed by atoms with van der Waals surface area (Å²) in [6.07, 6.45) is 3.43. The fraction of sp³-hybridized carbons (Fsp3) is 0.208. The second kappa shape index (κ2) is 7.50. The highest BCUT2D eigenvalue weighted by molar-refractivity contribution is 5.67. The van der Waals surface area contributed by atoms with Crippen LogP contribution in [0.5, 0.6) is 0 Å². The van der Waals surface area contributed by atoms with Crippen molar-refractivity contribution in [2.24, 2.45) is 7.05 Å². The standard InChI is InChI=1S/C24H22FN5O/c1-15-27-28-23-11-9-21(26-19-7-5-18(25)6-8-19)20-13-16(3-10-22(20)30(15)23)17-4-12-24(31)29(2)14-17/h3-8,10,12-14,21,26H,9,11H2,1-2H3. The molecule has 0 amide bonds. The molecule has 0 saturated heterocycles. The van der Waals surface area contributed by atoms with Gasteiger partial charge < -0.3 is 9.88 Å². The highest BCUT2D eigenvalue weighted by Gasteiger charge is 2.25. The fourth-order valence-electron chi connectivity index (χ4n) is 4.19. The Kier molecular flexibility index (Phi) is 4.66. The highest BCUT2D eigenvalue weighted by Crippen LogP contribution is 2.36. The summed E-state index contributed by atoms with van der Waals surface area (Å²) in [5, 5.41) is 12.2. The zero-order chi connectivity index (χ0) is 21.5. The first-order valence-corrected chi connectivity index (χ1v) is 10.2. The van der Waals surface area contributed by atoms with Crippen molar-refractivity contribution in [3.8, 4) is 16.8 Å². The van der Waals surface area contributed by atoms with Gasteiger partial charge in [0.1, 0.15) is 17.5 Å². The minimum absolute atomic E-state index is 0.00837. The number of hydrogen-bond acceptors (Lipinski definition) is 4. The van der Waals surface area contributed by atoms with Crippen LogP contribution in [0.15, 0.2) is 65.6 Å². The van der Waals surface area contributed by atoms with E-state index >= 15 is 0 Å². The predicted molar refractivity (Wildman–Crippen MR) is 118 cm³/mol. The molecule has 0 saturated carbocycles. The SMILES string of the molecule is Cc1nnc2n1-c1ccc(-c3ccc(=O)n(C)c3)cc1C(Nc1ccc(F)cc1)CC2. The molecule has 6 nitrogen and oxygen atoms in total. The molecule has 1 aliphatic rings. The molecule has 0 radical (unpaired) electrons. The Morgan fingerprint density at radius 2 is 1.81 bits per heavy atom. The van der Waals surface area contributed by atoms with Crippen molar-refractivity contribution < 1.29 is 4.39 Å². The number of aromatic nitrogens is 4. The Morgan fingerprint density at radius 1 is 1.03 bits per heavy atom. The van der Waals surface area contributed by atoms with Crippen LogP contribution in [0, 0.1) is 12.7 Å². The molecule has 0 bridgehead atoms. The quantitative estimate of drug-likeness (QED) is 0.545. The second-order valence-electron chi connectivity index (χ2n) is 7.88. The van der Waals surface area contributed by atoms with Crippen molar-refractivity contribution in [2.75, 3.05) is 5.32 Å². The largest absolute Gasteiger partial charge is 0.378 e. The van der Waals surface area contributed by atoms with Gasteiger partial charge in [0.2, 0.25) is 5.56 Å². The maximum absolute atomic E-state index is 13.4. The van der Waals surface area contributed by atoms with Gasteiger partial charge in [-0.15, -0.1) is 10.2 Å². The van der Waals surface area contributed by atoms with E-state index in [1.165, 1.54) is 12.1 Å². The van der Waals surface area contributed by atoms with Crippen LogP contribution in [-0.4, -0.2) is 19.3 Å². The third-order valence-electron chi connectivity index (χ3n) is 5.80. The lowest BCUT2D eigenvalue weighted by molar-refractivity contribution is 0.627. The summed E-state index contributed by atoms with van der Waals surface area (Å²) < 4.78 is 17.1. The topological polar surface area (TPSA) is 64.7 Å². The molecule has 0 aliphatic carbocycles. The number of nitrogens with one attached hydrogen (secondary N) is 1. The molecule has 156 valence electrons. The Bertz CT molecular complexity index is 1320. The Hall–Kier alpha value is -3.74. The predicted octanol–water partition coefficient (Wildman–Crippen LogP) is 4.18. The minimum atomic E-state index is -0.259. The van der Waals surface area contributed by atoms with Gasteiger partial charge in [-0.3, -0.25) is 9.36 Å². The number of halogens is 1. The van der Waals surface area contributed by atoms with Gasteiger partial charge in [-0.25, -0.2) is 4.39 Å². The molecular weight excluding hydrogens is 393 g/mol. The summed E-state index contributed by atoms with van der Waals surface area (Å²) in [4.78, 5) is 11.8. The van der Waals surface area contributed by atoms with Crippen LogP contribution < -0.4 is 10.9 Å². The van der Waals surface area contributed by atoms with E-state index in [4.69, 9.17) is 0 Å². The summed E-state index contributed by atoms with van der Waals surface area (Å²) in [6, 6.07) is 16.2. The summed E-state index contributed by atoms with van der Waals surface area (Å²) in [5.41, 5.74) is 4.95. The summed E-state index contributed by atoms with van der Waals surface area (Å²) >= 11 is 0. The number of hydrogen-bond donors (Lipinski definition) is 1. The van der Waals surface area contributed by atoms with Crippen LogP contribution in [0.1, 0.15) is 29.7 Å². The first-order valence-electron chi connectivity index (χ1n) is 10.2. The van der Waals surface area contributed by atoms with Gasteiger partial charge in [-0.05, 0) is 72.5 Å². The van der Waals surface area contributed by atoms with E-state index in [2.05, 4.69) is 38.3 Å². The van der Waals surface area contributed by atoms with Crippen LogP contribution in [0.4, 0.5) is 10.1 Å². The van der Waals surface area contributed by atoms with Gasteiger partial charge in [-0.1, -0.05) is 6.07 Å². The summed E-state index contributed by atoms with van der Waals surface area (Å²) in [6.45, 7) is 1.95. The van der Waals surface area contributed by atoms with E-state index in [-0.39, 0.29) is 17.4 Å². The molecular formula is C24H22FN5O. The van der Waals surface area contributed by atoms with Gasteiger partial charge in [0.15, 0.2) is 0 Å². The fourth-order valence-corrected chi connectivity index (χ4v) is 4.19. The van der Waals surface area contributed by atoms with Gasteiger partial charge in [-0.2, -0.15) is 0 Å². The molecule has 3 heterocycles. The van der Waals surface area contributed by atoms with Crippen LogP contribution in [0.3, 0.4) is 0 Å². The molecule has 0 fully saturated rings. The van der Waals surface area contributed by atoms with Crippen LogP contribution in [0.2, 0.25) is 0 Å². The van der Waals surface area contributed by atoms with Gasteiger partial charge >= 0.3 is 0 Å². The first-order chi connectivity index (χ1) is 15.0. The van der Waals surface area contributed by atoms with Gasteiger partial charge in [0.25, 0.3) is 0 Å². The third kappa shape index (κ3) is 3.52. The lowest BCUT2D eigenvalue weighted by Crippen LogP contribution is -2.14. The van der Waals surface area contributed by atoms with E-state index in [0.29, 0.717) is 0 Å². The van der Waals surface area contributed by atoms with E-state index in [1.54, 1.807) is 29.8 Å².